The van der Waals surface area contributed by atoms with Crippen molar-refractivity contribution in [1.29, 1.82) is 0 Å². The topological polar surface area (TPSA) is 70.9 Å². The number of nitrogens with one attached hydrogen (secondary N) is 1. The van der Waals surface area contributed by atoms with Crippen LogP contribution >= 0.6 is 11.3 Å². The first kappa shape index (κ1) is 15.5. The number of thiophene rings is 1. The van der Waals surface area contributed by atoms with Crippen molar-refractivity contribution in [3.63, 3.8) is 0 Å². The summed E-state index contributed by atoms with van der Waals surface area (Å²) in [7, 11) is 0. The van der Waals surface area contributed by atoms with Gasteiger partial charge in [0.15, 0.2) is 0 Å². The SMILES string of the molecule is Cc1cc2c(N[C@H](Cc3ccccn3)C3CC(O)C3)ncnc2s1. The van der Waals surface area contributed by atoms with E-state index in [9.17, 15) is 5.11 Å². The first-order valence-electron chi connectivity index (χ1n) is 8.24. The molecule has 0 bridgehead atoms. The van der Waals surface area contributed by atoms with Gasteiger partial charge in [-0.1, -0.05) is 6.07 Å². The van der Waals surface area contributed by atoms with Gasteiger partial charge in [0.1, 0.15) is 17.0 Å². The Balaban J connectivity index is 1.61. The molecule has 0 radical (unpaired) electrons. The second-order valence-electron chi connectivity index (χ2n) is 6.46. The minimum atomic E-state index is -0.170. The molecule has 1 atom stereocenters. The second kappa shape index (κ2) is 6.45. The smallest absolute Gasteiger partial charge is 0.138 e. The Kier molecular flexibility index (Phi) is 4.16. The Bertz CT molecular complexity index is 829. The lowest BCUT2D eigenvalue weighted by Gasteiger charge is -2.38. The maximum absolute atomic E-state index is 9.71. The molecule has 2 N–H and O–H groups in total. The molecule has 0 aliphatic heterocycles. The van der Waals surface area contributed by atoms with Crippen molar-refractivity contribution >= 4 is 27.4 Å². The zero-order valence-electron chi connectivity index (χ0n) is 13.5. The number of aromatic nitrogens is 3. The summed E-state index contributed by atoms with van der Waals surface area (Å²) in [5, 5.41) is 14.4. The quantitative estimate of drug-likeness (QED) is 0.746. The van der Waals surface area contributed by atoms with E-state index < -0.39 is 0 Å². The lowest BCUT2D eigenvalue weighted by Crippen LogP contribution is -2.42. The molecular formula is C18H20N4OS. The van der Waals surface area contributed by atoms with Gasteiger partial charge in [0.25, 0.3) is 0 Å². The van der Waals surface area contributed by atoms with Crippen molar-refractivity contribution < 1.29 is 5.11 Å². The van der Waals surface area contributed by atoms with Crippen molar-refractivity contribution in [3.05, 3.63) is 47.4 Å². The van der Waals surface area contributed by atoms with Crippen LogP contribution in [-0.4, -0.2) is 32.2 Å². The Morgan fingerprint density at radius 3 is 2.92 bits per heavy atom. The molecule has 0 unspecified atom stereocenters. The summed E-state index contributed by atoms with van der Waals surface area (Å²) < 4.78 is 0. The predicted octanol–water partition coefficient (Wildman–Crippen LogP) is 3.19. The number of hydrogen-bond acceptors (Lipinski definition) is 6. The Hall–Kier alpha value is -2.05. The lowest BCUT2D eigenvalue weighted by atomic mass is 9.76. The van der Waals surface area contributed by atoms with Gasteiger partial charge in [0.05, 0.1) is 11.5 Å². The standard InChI is InChI=1S/C18H20N4OS/c1-11-6-15-17(20-10-21-18(15)24-11)22-16(12-7-14(23)8-12)9-13-4-2-3-5-19-13/h2-6,10,12,14,16,23H,7-9H2,1H3,(H,20,21,22)/t12?,14?,16-/m1/s1. The van der Waals surface area contributed by atoms with E-state index in [1.165, 1.54) is 4.88 Å². The van der Waals surface area contributed by atoms with E-state index in [-0.39, 0.29) is 12.1 Å². The largest absolute Gasteiger partial charge is 0.393 e. The molecule has 1 aliphatic rings. The third kappa shape index (κ3) is 3.12. The lowest BCUT2D eigenvalue weighted by molar-refractivity contribution is 0.0341. The fraction of sp³-hybridized carbons (Fsp3) is 0.389. The van der Waals surface area contributed by atoms with Crippen LogP contribution in [0.3, 0.4) is 0 Å². The monoisotopic (exact) mass is 340 g/mol. The molecule has 3 heterocycles. The van der Waals surface area contributed by atoms with Crippen LogP contribution in [0.25, 0.3) is 10.2 Å². The molecule has 0 spiro atoms. The van der Waals surface area contributed by atoms with E-state index in [1.807, 2.05) is 24.4 Å². The number of anilines is 1. The van der Waals surface area contributed by atoms with Crippen LogP contribution in [-0.2, 0) is 6.42 Å². The molecule has 4 rings (SSSR count). The highest BCUT2D eigenvalue weighted by Crippen LogP contribution is 2.35. The van der Waals surface area contributed by atoms with Crippen molar-refractivity contribution in [3.8, 4) is 0 Å². The summed E-state index contributed by atoms with van der Waals surface area (Å²) in [5.41, 5.74) is 1.06. The van der Waals surface area contributed by atoms with Crippen LogP contribution < -0.4 is 5.32 Å². The highest BCUT2D eigenvalue weighted by atomic mass is 32.1. The summed E-state index contributed by atoms with van der Waals surface area (Å²) in [5.74, 6) is 1.32. The normalized spacial score (nSPS) is 21.4. The Morgan fingerprint density at radius 1 is 1.29 bits per heavy atom. The zero-order valence-corrected chi connectivity index (χ0v) is 14.3. The number of aliphatic hydroxyl groups excluding tert-OH is 1. The summed E-state index contributed by atoms with van der Waals surface area (Å²) in [6.07, 6.45) is 5.77. The molecule has 3 aromatic rings. The van der Waals surface area contributed by atoms with Gasteiger partial charge in [0.2, 0.25) is 0 Å². The number of fused-ring (bicyclic) bond motifs is 1. The minimum Gasteiger partial charge on any atom is -0.393 e. The number of rotatable bonds is 5. The van der Waals surface area contributed by atoms with Crippen LogP contribution in [0.5, 0.6) is 0 Å². The molecule has 5 nitrogen and oxygen atoms in total. The first-order chi connectivity index (χ1) is 11.7. The summed E-state index contributed by atoms with van der Waals surface area (Å²) in [6.45, 7) is 2.09. The molecule has 1 saturated carbocycles. The van der Waals surface area contributed by atoms with Crippen molar-refractivity contribution in [2.45, 2.75) is 38.3 Å². The third-order valence-electron chi connectivity index (χ3n) is 4.65. The number of nitrogens with zero attached hydrogens (tertiary/aromatic N) is 3. The van der Waals surface area contributed by atoms with Gasteiger partial charge < -0.3 is 10.4 Å². The molecule has 24 heavy (non-hydrogen) atoms. The molecule has 1 aliphatic carbocycles. The second-order valence-corrected chi connectivity index (χ2v) is 7.69. The maximum atomic E-state index is 9.71. The fourth-order valence-corrected chi connectivity index (χ4v) is 4.15. The summed E-state index contributed by atoms with van der Waals surface area (Å²) in [6, 6.07) is 8.34. The average Bonchev–Trinajstić information content (AvgIpc) is 2.94. The van der Waals surface area contributed by atoms with E-state index >= 15 is 0 Å². The van der Waals surface area contributed by atoms with Gasteiger partial charge in [-0.3, -0.25) is 4.98 Å². The number of pyridine rings is 1. The molecule has 3 aromatic heterocycles. The van der Waals surface area contributed by atoms with Gasteiger partial charge >= 0.3 is 0 Å². The Morgan fingerprint density at radius 2 is 2.17 bits per heavy atom. The van der Waals surface area contributed by atoms with Crippen LogP contribution in [0.2, 0.25) is 0 Å². The van der Waals surface area contributed by atoms with Crippen molar-refractivity contribution in [2.75, 3.05) is 5.32 Å². The van der Waals surface area contributed by atoms with E-state index in [4.69, 9.17) is 0 Å². The summed E-state index contributed by atoms with van der Waals surface area (Å²) >= 11 is 1.68. The Labute approximate surface area is 144 Å². The van der Waals surface area contributed by atoms with Crippen LogP contribution in [0.15, 0.2) is 36.8 Å². The zero-order chi connectivity index (χ0) is 16.5. The first-order valence-corrected chi connectivity index (χ1v) is 9.06. The van der Waals surface area contributed by atoms with Gasteiger partial charge in [-0.25, -0.2) is 9.97 Å². The maximum Gasteiger partial charge on any atom is 0.138 e. The highest BCUT2D eigenvalue weighted by Gasteiger charge is 2.34. The van der Waals surface area contributed by atoms with Crippen molar-refractivity contribution in [2.24, 2.45) is 5.92 Å². The number of aryl methyl sites for hydroxylation is 1. The molecular weight excluding hydrogens is 320 g/mol. The van der Waals surface area contributed by atoms with Crippen LogP contribution in [0.1, 0.15) is 23.4 Å². The van der Waals surface area contributed by atoms with Gasteiger partial charge in [0, 0.05) is 29.2 Å². The summed E-state index contributed by atoms with van der Waals surface area (Å²) in [4.78, 5) is 15.5. The molecule has 0 amide bonds. The van der Waals surface area contributed by atoms with Crippen LogP contribution in [0, 0.1) is 12.8 Å². The number of hydrogen-bond donors (Lipinski definition) is 2. The van der Waals surface area contributed by atoms with E-state index in [0.717, 1.165) is 41.0 Å². The van der Waals surface area contributed by atoms with E-state index in [2.05, 4.69) is 33.3 Å². The average molecular weight is 340 g/mol. The predicted molar refractivity (Wildman–Crippen MR) is 96.2 cm³/mol. The number of aliphatic hydroxyl groups is 1. The minimum absolute atomic E-state index is 0.170. The van der Waals surface area contributed by atoms with E-state index in [0.29, 0.717) is 5.92 Å². The van der Waals surface area contributed by atoms with Gasteiger partial charge in [-0.2, -0.15) is 0 Å². The van der Waals surface area contributed by atoms with Gasteiger partial charge in [-0.05, 0) is 43.9 Å². The third-order valence-corrected chi connectivity index (χ3v) is 5.61. The molecule has 0 aromatic carbocycles. The molecule has 0 saturated heterocycles. The highest BCUT2D eigenvalue weighted by molar-refractivity contribution is 7.18. The molecule has 1 fully saturated rings. The van der Waals surface area contributed by atoms with Gasteiger partial charge in [-0.15, -0.1) is 11.3 Å². The molecule has 6 heteroatoms. The fourth-order valence-electron chi connectivity index (χ4n) is 3.30. The molecule has 124 valence electrons. The van der Waals surface area contributed by atoms with E-state index in [1.54, 1.807) is 17.7 Å². The van der Waals surface area contributed by atoms with Crippen molar-refractivity contribution in [1.82, 2.24) is 15.0 Å². The van der Waals surface area contributed by atoms with Crippen LogP contribution in [0.4, 0.5) is 5.82 Å².